The van der Waals surface area contributed by atoms with E-state index in [4.69, 9.17) is 14.2 Å². The van der Waals surface area contributed by atoms with Crippen molar-refractivity contribution in [2.24, 2.45) is 0 Å². The summed E-state index contributed by atoms with van der Waals surface area (Å²) in [5, 5.41) is 0. The van der Waals surface area contributed by atoms with E-state index in [9.17, 15) is 4.79 Å². The molecule has 0 aliphatic rings. The molecule has 2 aromatic rings. The van der Waals surface area contributed by atoms with Crippen molar-refractivity contribution in [1.29, 1.82) is 0 Å². The first-order valence-corrected chi connectivity index (χ1v) is 7.38. The van der Waals surface area contributed by atoms with E-state index in [0.29, 0.717) is 36.7 Å². The van der Waals surface area contributed by atoms with Crippen LogP contribution in [0.2, 0.25) is 0 Å². The number of rotatable bonds is 8. The number of esters is 1. The molecule has 0 radical (unpaired) electrons. The molecule has 4 nitrogen and oxygen atoms in total. The van der Waals surface area contributed by atoms with Crippen molar-refractivity contribution in [1.82, 2.24) is 0 Å². The fraction of sp³-hybridized carbons (Fsp3) is 0.211. The largest absolute Gasteiger partial charge is 0.492 e. The Kier molecular flexibility index (Phi) is 6.24. The molecule has 0 aromatic heterocycles. The van der Waals surface area contributed by atoms with Crippen LogP contribution in [0.15, 0.2) is 61.2 Å². The predicted octanol–water partition coefficient (Wildman–Crippen LogP) is 4.01. The van der Waals surface area contributed by atoms with Crippen molar-refractivity contribution in [3.8, 4) is 11.5 Å². The summed E-state index contributed by atoms with van der Waals surface area (Å²) in [6.07, 6.45) is 2.45. The Hall–Kier alpha value is -2.75. The SMILES string of the molecule is C=CCCOc1cccc(OCc2ccccc2)c1C(=O)OC. The van der Waals surface area contributed by atoms with Gasteiger partial charge in [0.05, 0.1) is 13.7 Å². The van der Waals surface area contributed by atoms with Gasteiger partial charge in [0.2, 0.25) is 0 Å². The van der Waals surface area contributed by atoms with Crippen molar-refractivity contribution < 1.29 is 19.0 Å². The molecule has 2 aromatic carbocycles. The van der Waals surface area contributed by atoms with Crippen LogP contribution in [0.4, 0.5) is 0 Å². The van der Waals surface area contributed by atoms with Crippen LogP contribution in [0, 0.1) is 0 Å². The van der Waals surface area contributed by atoms with Gasteiger partial charge in [-0.3, -0.25) is 0 Å². The Bertz CT molecular complexity index is 650. The quantitative estimate of drug-likeness (QED) is 0.420. The van der Waals surface area contributed by atoms with E-state index in [1.54, 1.807) is 24.3 Å². The lowest BCUT2D eigenvalue weighted by Gasteiger charge is -2.14. The van der Waals surface area contributed by atoms with Crippen LogP contribution in [-0.4, -0.2) is 19.7 Å². The molecule has 0 spiro atoms. The molecule has 0 atom stereocenters. The maximum atomic E-state index is 12.1. The van der Waals surface area contributed by atoms with Gasteiger partial charge in [-0.1, -0.05) is 42.5 Å². The average molecular weight is 312 g/mol. The molecular formula is C19H20O4. The summed E-state index contributed by atoms with van der Waals surface area (Å²) in [4.78, 5) is 12.1. The highest BCUT2D eigenvalue weighted by Crippen LogP contribution is 2.30. The second-order valence-electron chi connectivity index (χ2n) is 4.82. The minimum Gasteiger partial charge on any atom is -0.492 e. The van der Waals surface area contributed by atoms with Crippen LogP contribution in [0.1, 0.15) is 22.3 Å². The highest BCUT2D eigenvalue weighted by molar-refractivity contribution is 5.95. The van der Waals surface area contributed by atoms with Gasteiger partial charge in [-0.05, 0) is 24.1 Å². The summed E-state index contributed by atoms with van der Waals surface area (Å²) >= 11 is 0. The maximum absolute atomic E-state index is 12.1. The second-order valence-corrected chi connectivity index (χ2v) is 4.82. The van der Waals surface area contributed by atoms with Crippen molar-refractivity contribution in [3.05, 3.63) is 72.3 Å². The van der Waals surface area contributed by atoms with Crippen LogP contribution in [0.5, 0.6) is 11.5 Å². The number of hydrogen-bond acceptors (Lipinski definition) is 4. The standard InChI is InChI=1S/C19H20O4/c1-3-4-13-22-16-11-8-12-17(18(16)19(20)21-2)23-14-15-9-6-5-7-10-15/h3,5-12H,1,4,13-14H2,2H3. The molecule has 0 unspecified atom stereocenters. The minimum atomic E-state index is -0.484. The molecule has 120 valence electrons. The van der Waals surface area contributed by atoms with Gasteiger partial charge in [-0.25, -0.2) is 4.79 Å². The van der Waals surface area contributed by atoms with Crippen molar-refractivity contribution in [2.45, 2.75) is 13.0 Å². The molecular weight excluding hydrogens is 292 g/mol. The van der Waals surface area contributed by atoms with E-state index in [-0.39, 0.29) is 0 Å². The number of methoxy groups -OCH3 is 1. The van der Waals surface area contributed by atoms with Gasteiger partial charge in [0.25, 0.3) is 0 Å². The van der Waals surface area contributed by atoms with Gasteiger partial charge in [0.1, 0.15) is 23.7 Å². The predicted molar refractivity (Wildman–Crippen MR) is 88.9 cm³/mol. The lowest BCUT2D eigenvalue weighted by molar-refractivity contribution is 0.0590. The van der Waals surface area contributed by atoms with Gasteiger partial charge in [0, 0.05) is 0 Å². The topological polar surface area (TPSA) is 44.8 Å². The number of ether oxygens (including phenoxy) is 3. The molecule has 0 N–H and O–H groups in total. The van der Waals surface area contributed by atoms with E-state index in [0.717, 1.165) is 5.56 Å². The fourth-order valence-corrected chi connectivity index (χ4v) is 2.04. The van der Waals surface area contributed by atoms with E-state index in [1.165, 1.54) is 7.11 Å². The highest BCUT2D eigenvalue weighted by atomic mass is 16.5. The Morgan fingerprint density at radius 1 is 1.04 bits per heavy atom. The third-order valence-corrected chi connectivity index (χ3v) is 3.19. The zero-order valence-corrected chi connectivity index (χ0v) is 13.2. The zero-order valence-electron chi connectivity index (χ0n) is 13.2. The molecule has 0 amide bonds. The monoisotopic (exact) mass is 312 g/mol. The lowest BCUT2D eigenvalue weighted by atomic mass is 10.1. The summed E-state index contributed by atoms with van der Waals surface area (Å²) in [6, 6.07) is 15.0. The highest BCUT2D eigenvalue weighted by Gasteiger charge is 2.19. The average Bonchev–Trinajstić information content (AvgIpc) is 2.60. The van der Waals surface area contributed by atoms with Gasteiger partial charge >= 0.3 is 5.97 Å². The van der Waals surface area contributed by atoms with Gasteiger partial charge in [-0.15, -0.1) is 6.58 Å². The second kappa shape index (κ2) is 8.63. The number of hydrogen-bond donors (Lipinski definition) is 0. The summed E-state index contributed by atoms with van der Waals surface area (Å²) in [5.74, 6) is 0.406. The smallest absolute Gasteiger partial charge is 0.345 e. The molecule has 0 saturated carbocycles. The Morgan fingerprint density at radius 2 is 1.74 bits per heavy atom. The van der Waals surface area contributed by atoms with Crippen LogP contribution in [-0.2, 0) is 11.3 Å². The van der Waals surface area contributed by atoms with Crippen LogP contribution >= 0.6 is 0 Å². The fourth-order valence-electron chi connectivity index (χ4n) is 2.04. The molecule has 0 heterocycles. The van der Waals surface area contributed by atoms with Crippen molar-refractivity contribution in [2.75, 3.05) is 13.7 Å². The van der Waals surface area contributed by atoms with Crippen LogP contribution in [0.25, 0.3) is 0 Å². The van der Waals surface area contributed by atoms with Crippen LogP contribution < -0.4 is 9.47 Å². The Labute approximate surface area is 136 Å². The number of benzene rings is 2. The molecule has 0 fully saturated rings. The van der Waals surface area contributed by atoms with E-state index >= 15 is 0 Å². The molecule has 0 aliphatic carbocycles. The first-order chi connectivity index (χ1) is 11.3. The normalized spacial score (nSPS) is 9.96. The lowest BCUT2D eigenvalue weighted by Crippen LogP contribution is -2.09. The van der Waals surface area contributed by atoms with E-state index < -0.39 is 5.97 Å². The zero-order chi connectivity index (χ0) is 16.5. The number of carbonyl (C=O) groups excluding carboxylic acids is 1. The molecule has 23 heavy (non-hydrogen) atoms. The first kappa shape index (κ1) is 16.6. The molecule has 4 heteroatoms. The Morgan fingerprint density at radius 3 is 2.39 bits per heavy atom. The van der Waals surface area contributed by atoms with E-state index in [2.05, 4.69) is 6.58 Å². The molecule has 0 aliphatic heterocycles. The summed E-state index contributed by atoms with van der Waals surface area (Å²) in [7, 11) is 1.34. The Balaban J connectivity index is 2.21. The molecule has 0 bridgehead atoms. The number of carbonyl (C=O) groups is 1. The summed E-state index contributed by atoms with van der Waals surface area (Å²) in [6.45, 7) is 4.45. The van der Waals surface area contributed by atoms with Crippen LogP contribution in [0.3, 0.4) is 0 Å². The van der Waals surface area contributed by atoms with Gasteiger partial charge in [0.15, 0.2) is 0 Å². The van der Waals surface area contributed by atoms with E-state index in [1.807, 2.05) is 30.3 Å². The molecule has 2 rings (SSSR count). The first-order valence-electron chi connectivity index (χ1n) is 7.38. The minimum absolute atomic E-state index is 0.301. The van der Waals surface area contributed by atoms with Crippen molar-refractivity contribution >= 4 is 5.97 Å². The van der Waals surface area contributed by atoms with Gasteiger partial charge < -0.3 is 14.2 Å². The summed E-state index contributed by atoms with van der Waals surface area (Å²) in [5.41, 5.74) is 1.32. The third-order valence-electron chi connectivity index (χ3n) is 3.19. The van der Waals surface area contributed by atoms with Gasteiger partial charge in [-0.2, -0.15) is 0 Å². The molecule has 0 saturated heterocycles. The summed E-state index contributed by atoms with van der Waals surface area (Å²) < 4.78 is 16.3. The maximum Gasteiger partial charge on any atom is 0.345 e. The van der Waals surface area contributed by atoms with Crippen molar-refractivity contribution in [3.63, 3.8) is 0 Å². The third kappa shape index (κ3) is 4.61.